The van der Waals surface area contributed by atoms with Crippen LogP contribution in [0.1, 0.15) is 48.3 Å². The van der Waals surface area contributed by atoms with E-state index in [9.17, 15) is 4.79 Å². The van der Waals surface area contributed by atoms with Crippen molar-refractivity contribution in [1.29, 1.82) is 0 Å². The fourth-order valence-electron chi connectivity index (χ4n) is 4.98. The Morgan fingerprint density at radius 3 is 2.50 bits per heavy atom. The lowest BCUT2D eigenvalue weighted by atomic mass is 9.82. The Hall–Kier alpha value is -2.29. The summed E-state index contributed by atoms with van der Waals surface area (Å²) in [5.41, 5.74) is 3.85. The molecule has 0 bridgehead atoms. The maximum Gasteiger partial charge on any atom is 0.230 e. The van der Waals surface area contributed by atoms with Gasteiger partial charge in [-0.3, -0.25) is 4.79 Å². The van der Waals surface area contributed by atoms with Gasteiger partial charge in [-0.2, -0.15) is 0 Å². The third-order valence-electron chi connectivity index (χ3n) is 6.57. The number of aryl methyl sites for hydroxylation is 2. The third-order valence-corrected chi connectivity index (χ3v) is 6.57. The molecule has 2 aromatic carbocycles. The SMILES string of the molecule is O=C(C1CCc2ccccc21)N1CCC2(CCc3ccccc3O2)CC1. The summed E-state index contributed by atoms with van der Waals surface area (Å²) >= 11 is 0. The highest BCUT2D eigenvalue weighted by molar-refractivity contribution is 5.85. The Balaban J connectivity index is 1.27. The standard InChI is InChI=1S/C23H25NO2/c25-22(20-10-9-17-5-1-3-7-19(17)20)24-15-13-23(14-16-24)12-11-18-6-2-4-8-21(18)26-23/h1-8,20H,9-16H2. The number of hydrogen-bond acceptors (Lipinski definition) is 2. The molecule has 2 heterocycles. The van der Waals surface area contributed by atoms with Gasteiger partial charge < -0.3 is 9.64 Å². The summed E-state index contributed by atoms with van der Waals surface area (Å²) in [5.74, 6) is 1.43. The topological polar surface area (TPSA) is 29.5 Å². The molecule has 2 aromatic rings. The van der Waals surface area contributed by atoms with Crippen molar-refractivity contribution in [3.63, 3.8) is 0 Å². The van der Waals surface area contributed by atoms with Gasteiger partial charge in [0.25, 0.3) is 0 Å². The van der Waals surface area contributed by atoms with E-state index in [1.54, 1.807) is 0 Å². The van der Waals surface area contributed by atoms with Gasteiger partial charge in [0.05, 0.1) is 5.92 Å². The van der Waals surface area contributed by atoms with Crippen LogP contribution in [-0.4, -0.2) is 29.5 Å². The number of likely N-dealkylation sites (tertiary alicyclic amines) is 1. The van der Waals surface area contributed by atoms with Crippen LogP contribution < -0.4 is 4.74 Å². The number of nitrogens with zero attached hydrogens (tertiary/aromatic N) is 1. The first-order valence-corrected chi connectivity index (χ1v) is 9.88. The number of hydrogen-bond donors (Lipinski definition) is 0. The Kier molecular flexibility index (Phi) is 3.77. The Labute approximate surface area is 155 Å². The highest BCUT2D eigenvalue weighted by Crippen LogP contribution is 2.40. The maximum absolute atomic E-state index is 13.1. The molecule has 1 aliphatic carbocycles. The minimum atomic E-state index is -0.0707. The van der Waals surface area contributed by atoms with Gasteiger partial charge >= 0.3 is 0 Å². The highest BCUT2D eigenvalue weighted by atomic mass is 16.5. The van der Waals surface area contributed by atoms with Crippen molar-refractivity contribution < 1.29 is 9.53 Å². The molecule has 5 rings (SSSR count). The second kappa shape index (κ2) is 6.15. The molecule has 1 spiro atoms. The number of carbonyl (C=O) groups excluding carboxylic acids is 1. The summed E-state index contributed by atoms with van der Waals surface area (Å²) in [4.78, 5) is 15.2. The fraction of sp³-hybridized carbons (Fsp3) is 0.435. The van der Waals surface area contributed by atoms with Crippen LogP contribution in [0.15, 0.2) is 48.5 Å². The summed E-state index contributed by atoms with van der Waals surface area (Å²) in [5, 5.41) is 0. The third kappa shape index (κ3) is 2.61. The maximum atomic E-state index is 13.1. The molecule has 1 atom stereocenters. The van der Waals surface area contributed by atoms with E-state index in [0.29, 0.717) is 5.91 Å². The molecule has 1 fully saturated rings. The molecule has 2 aliphatic heterocycles. The fourth-order valence-corrected chi connectivity index (χ4v) is 4.98. The predicted octanol–water partition coefficient (Wildman–Crippen LogP) is 4.10. The smallest absolute Gasteiger partial charge is 0.230 e. The van der Waals surface area contributed by atoms with E-state index in [-0.39, 0.29) is 11.5 Å². The van der Waals surface area contributed by atoms with Crippen LogP contribution in [0.5, 0.6) is 5.75 Å². The van der Waals surface area contributed by atoms with Crippen molar-refractivity contribution in [2.75, 3.05) is 13.1 Å². The van der Waals surface area contributed by atoms with Gasteiger partial charge in [-0.15, -0.1) is 0 Å². The van der Waals surface area contributed by atoms with Crippen LogP contribution in [0.2, 0.25) is 0 Å². The van der Waals surface area contributed by atoms with Crippen molar-refractivity contribution in [2.45, 2.75) is 50.0 Å². The lowest BCUT2D eigenvalue weighted by Gasteiger charge is -2.45. The average Bonchev–Trinajstić information content (AvgIpc) is 3.12. The largest absolute Gasteiger partial charge is 0.487 e. The van der Waals surface area contributed by atoms with Gasteiger partial charge in [0, 0.05) is 25.9 Å². The van der Waals surface area contributed by atoms with E-state index in [1.165, 1.54) is 16.7 Å². The van der Waals surface area contributed by atoms with Gasteiger partial charge in [0.2, 0.25) is 5.91 Å². The van der Waals surface area contributed by atoms with Crippen molar-refractivity contribution >= 4 is 5.91 Å². The van der Waals surface area contributed by atoms with Crippen molar-refractivity contribution in [2.24, 2.45) is 0 Å². The predicted molar refractivity (Wildman–Crippen MR) is 101 cm³/mol. The first-order chi connectivity index (χ1) is 12.7. The van der Waals surface area contributed by atoms with Gasteiger partial charge in [-0.05, 0) is 48.4 Å². The van der Waals surface area contributed by atoms with Gasteiger partial charge in [0.15, 0.2) is 0 Å². The molecular formula is C23H25NO2. The van der Waals surface area contributed by atoms with Gasteiger partial charge in [-0.25, -0.2) is 0 Å². The van der Waals surface area contributed by atoms with Gasteiger partial charge in [0.1, 0.15) is 11.4 Å². The minimum Gasteiger partial charge on any atom is -0.487 e. The Morgan fingerprint density at radius 2 is 1.65 bits per heavy atom. The minimum absolute atomic E-state index is 0.0632. The second-order valence-corrected chi connectivity index (χ2v) is 8.01. The molecule has 1 unspecified atom stereocenters. The summed E-state index contributed by atoms with van der Waals surface area (Å²) in [6, 6.07) is 16.8. The molecule has 3 aliphatic rings. The molecule has 0 N–H and O–H groups in total. The van der Waals surface area contributed by atoms with E-state index in [1.807, 2.05) is 6.07 Å². The molecule has 1 amide bonds. The summed E-state index contributed by atoms with van der Waals surface area (Å²) in [6.45, 7) is 1.64. The molecule has 1 saturated heterocycles. The first kappa shape index (κ1) is 15.9. The normalized spacial score (nSPS) is 23.2. The zero-order valence-corrected chi connectivity index (χ0v) is 15.1. The molecule has 0 aromatic heterocycles. The van der Waals surface area contributed by atoms with Crippen molar-refractivity contribution in [3.05, 3.63) is 65.2 Å². The van der Waals surface area contributed by atoms with Crippen LogP contribution in [0.25, 0.3) is 0 Å². The number of ether oxygens (including phenoxy) is 1. The number of amides is 1. The van der Waals surface area contributed by atoms with E-state index in [4.69, 9.17) is 4.74 Å². The molecule has 26 heavy (non-hydrogen) atoms. The van der Waals surface area contributed by atoms with E-state index < -0.39 is 0 Å². The summed E-state index contributed by atoms with van der Waals surface area (Å²) in [6.07, 6.45) is 6.04. The van der Waals surface area contributed by atoms with Crippen molar-refractivity contribution in [3.8, 4) is 5.75 Å². The molecule has 0 radical (unpaired) electrons. The zero-order chi connectivity index (χ0) is 17.6. The zero-order valence-electron chi connectivity index (χ0n) is 15.1. The van der Waals surface area contributed by atoms with Crippen LogP contribution in [0.3, 0.4) is 0 Å². The van der Waals surface area contributed by atoms with E-state index in [0.717, 1.165) is 57.4 Å². The molecule has 134 valence electrons. The summed E-state index contributed by atoms with van der Waals surface area (Å²) < 4.78 is 6.43. The van der Waals surface area contributed by atoms with Crippen LogP contribution >= 0.6 is 0 Å². The molecule has 0 saturated carbocycles. The lowest BCUT2D eigenvalue weighted by molar-refractivity contribution is -0.136. The summed E-state index contributed by atoms with van der Waals surface area (Å²) in [7, 11) is 0. The van der Waals surface area contributed by atoms with Crippen molar-refractivity contribution in [1.82, 2.24) is 4.90 Å². The quantitative estimate of drug-likeness (QED) is 0.777. The number of carbonyl (C=O) groups is 1. The molecular weight excluding hydrogens is 322 g/mol. The van der Waals surface area contributed by atoms with Crippen LogP contribution in [0, 0.1) is 0 Å². The number of benzene rings is 2. The number of rotatable bonds is 1. The second-order valence-electron chi connectivity index (χ2n) is 8.01. The lowest BCUT2D eigenvalue weighted by Crippen LogP contribution is -2.51. The van der Waals surface area contributed by atoms with E-state index in [2.05, 4.69) is 47.4 Å². The molecule has 3 heteroatoms. The Bertz CT molecular complexity index is 836. The monoisotopic (exact) mass is 347 g/mol. The van der Waals surface area contributed by atoms with E-state index >= 15 is 0 Å². The molecule has 3 nitrogen and oxygen atoms in total. The number of piperidine rings is 1. The first-order valence-electron chi connectivity index (χ1n) is 9.88. The highest BCUT2D eigenvalue weighted by Gasteiger charge is 2.42. The van der Waals surface area contributed by atoms with Crippen LogP contribution in [-0.2, 0) is 17.6 Å². The van der Waals surface area contributed by atoms with Crippen LogP contribution in [0.4, 0.5) is 0 Å². The van der Waals surface area contributed by atoms with Gasteiger partial charge in [-0.1, -0.05) is 42.5 Å². The number of fused-ring (bicyclic) bond motifs is 2. The average molecular weight is 347 g/mol. The Morgan fingerprint density at radius 1 is 0.923 bits per heavy atom. The number of para-hydroxylation sites is 1.